The lowest BCUT2D eigenvalue weighted by atomic mass is 9.87. The van der Waals surface area contributed by atoms with Crippen LogP contribution in [0.3, 0.4) is 0 Å². The standard InChI is InChI=1S/C36H53N5O6/c1-5-13-27(29-17-11-12-20-38-29)16-9-10-18-30(39-35(45)47-32(24-42)28-19-21-46-25-28)31(43)23-41(22-26-14-7-6-8-15-26)40-34(44)33(37)36(2,3)4/h5-8,11-15,17,20,28,30-33,42-43H,1,9-10,16,18-19,21-25,37H2,2-4H3,(H,39,45)(H,40,44)/b27-13+. The Morgan fingerprint density at radius 1 is 1.19 bits per heavy atom. The van der Waals surface area contributed by atoms with Gasteiger partial charge < -0.3 is 30.7 Å². The summed E-state index contributed by atoms with van der Waals surface area (Å²) in [5.74, 6) is -0.468. The normalized spacial score (nSPS) is 17.9. The molecule has 0 spiro atoms. The summed E-state index contributed by atoms with van der Waals surface area (Å²) in [5, 5.41) is 26.0. The van der Waals surface area contributed by atoms with Crippen molar-refractivity contribution in [1.29, 1.82) is 0 Å². The molecule has 11 heteroatoms. The van der Waals surface area contributed by atoms with E-state index < -0.39 is 35.8 Å². The van der Waals surface area contributed by atoms with Crippen LogP contribution in [0.2, 0.25) is 0 Å². The van der Waals surface area contributed by atoms with Crippen molar-refractivity contribution in [3.05, 3.63) is 84.7 Å². The number of ether oxygens (including phenoxy) is 2. The Labute approximate surface area is 279 Å². The number of nitrogens with two attached hydrogens (primary N) is 1. The monoisotopic (exact) mass is 651 g/mol. The number of hydrazine groups is 1. The molecule has 5 unspecified atom stereocenters. The Hall–Kier alpha value is -3.61. The molecule has 2 aromatic rings. The molecule has 47 heavy (non-hydrogen) atoms. The molecule has 0 saturated carbocycles. The zero-order chi connectivity index (χ0) is 34.2. The third-order valence-corrected chi connectivity index (χ3v) is 8.33. The number of benzene rings is 1. The highest BCUT2D eigenvalue weighted by Crippen LogP contribution is 2.22. The molecule has 0 aliphatic carbocycles. The number of unbranched alkanes of at least 4 members (excludes halogenated alkanes) is 1. The van der Waals surface area contributed by atoms with Gasteiger partial charge in [-0.3, -0.25) is 15.2 Å². The molecule has 1 aromatic heterocycles. The van der Waals surface area contributed by atoms with Crippen LogP contribution in [-0.2, 0) is 20.8 Å². The third-order valence-electron chi connectivity index (χ3n) is 8.33. The van der Waals surface area contributed by atoms with Gasteiger partial charge in [0, 0.05) is 31.8 Å². The van der Waals surface area contributed by atoms with Gasteiger partial charge in [-0.25, -0.2) is 9.80 Å². The van der Waals surface area contributed by atoms with E-state index in [9.17, 15) is 19.8 Å². The van der Waals surface area contributed by atoms with Crippen LogP contribution in [0, 0.1) is 11.3 Å². The zero-order valence-corrected chi connectivity index (χ0v) is 28.0. The summed E-state index contributed by atoms with van der Waals surface area (Å²) < 4.78 is 11.0. The Balaban J connectivity index is 1.74. The summed E-state index contributed by atoms with van der Waals surface area (Å²) in [5.41, 5.74) is 11.5. The zero-order valence-electron chi connectivity index (χ0n) is 28.0. The van der Waals surface area contributed by atoms with E-state index in [1.807, 2.05) is 75.4 Å². The lowest BCUT2D eigenvalue weighted by molar-refractivity contribution is -0.130. The van der Waals surface area contributed by atoms with Gasteiger partial charge in [0.05, 0.1) is 37.1 Å². The number of rotatable bonds is 18. The van der Waals surface area contributed by atoms with E-state index in [1.165, 1.54) is 0 Å². The number of allylic oxidation sites excluding steroid dienone is 3. The summed E-state index contributed by atoms with van der Waals surface area (Å²) in [7, 11) is 0. The number of carbonyl (C=O) groups excluding carboxylic acids is 2. The first kappa shape index (κ1) is 37.8. The van der Waals surface area contributed by atoms with Crippen LogP contribution in [0.1, 0.15) is 64.1 Å². The van der Waals surface area contributed by atoms with Gasteiger partial charge in [-0.1, -0.05) is 82.3 Å². The number of aromatic nitrogens is 1. The van der Waals surface area contributed by atoms with E-state index in [1.54, 1.807) is 17.3 Å². The third kappa shape index (κ3) is 12.8. The van der Waals surface area contributed by atoms with E-state index in [-0.39, 0.29) is 25.0 Å². The molecule has 0 radical (unpaired) electrons. The molecule has 5 atom stereocenters. The number of pyridine rings is 1. The molecular weight excluding hydrogens is 598 g/mol. The predicted molar refractivity (Wildman–Crippen MR) is 183 cm³/mol. The first-order valence-electron chi connectivity index (χ1n) is 16.4. The molecule has 6 N–H and O–H groups in total. The predicted octanol–water partition coefficient (Wildman–Crippen LogP) is 3.97. The van der Waals surface area contributed by atoms with Crippen molar-refractivity contribution in [3.63, 3.8) is 0 Å². The fourth-order valence-electron chi connectivity index (χ4n) is 5.41. The SMILES string of the molecule is C=C/C=C(\CCCCC(NC(=O)OC(CO)C1CCOC1)C(O)CN(Cc1ccccc1)NC(=O)C(N)C(C)(C)C)c1ccccn1. The van der Waals surface area contributed by atoms with Gasteiger partial charge in [0.2, 0.25) is 0 Å². The lowest BCUT2D eigenvalue weighted by Crippen LogP contribution is -2.57. The lowest BCUT2D eigenvalue weighted by Gasteiger charge is -2.33. The summed E-state index contributed by atoms with van der Waals surface area (Å²) >= 11 is 0. The number of aliphatic hydroxyl groups is 2. The van der Waals surface area contributed by atoms with Crippen LogP contribution in [0.5, 0.6) is 0 Å². The van der Waals surface area contributed by atoms with Crippen molar-refractivity contribution in [1.82, 2.24) is 20.7 Å². The molecule has 1 aromatic carbocycles. The highest BCUT2D eigenvalue weighted by molar-refractivity contribution is 5.81. The number of aliphatic hydroxyl groups excluding tert-OH is 2. The van der Waals surface area contributed by atoms with Crippen LogP contribution in [0.15, 0.2) is 73.5 Å². The Kier molecular flexibility index (Phi) is 15.5. The quantitative estimate of drug-likeness (QED) is 0.0913. The van der Waals surface area contributed by atoms with Crippen LogP contribution in [0.25, 0.3) is 5.57 Å². The summed E-state index contributed by atoms with van der Waals surface area (Å²) in [6.45, 7) is 10.5. The maximum Gasteiger partial charge on any atom is 0.407 e. The number of nitrogens with zero attached hydrogens (tertiary/aromatic N) is 2. The number of alkyl carbamates (subject to hydrolysis) is 1. The van der Waals surface area contributed by atoms with Crippen molar-refractivity contribution < 1.29 is 29.3 Å². The van der Waals surface area contributed by atoms with E-state index >= 15 is 0 Å². The second kappa shape index (κ2) is 19.3. The molecule has 2 amide bonds. The van der Waals surface area contributed by atoms with E-state index in [0.29, 0.717) is 39.0 Å². The van der Waals surface area contributed by atoms with Crippen LogP contribution >= 0.6 is 0 Å². The summed E-state index contributed by atoms with van der Waals surface area (Å²) in [4.78, 5) is 30.7. The van der Waals surface area contributed by atoms with Gasteiger partial charge >= 0.3 is 6.09 Å². The molecule has 1 aliphatic heterocycles. The molecular formula is C36H53N5O6. The van der Waals surface area contributed by atoms with Gasteiger partial charge in [0.15, 0.2) is 0 Å². The highest BCUT2D eigenvalue weighted by Gasteiger charge is 2.32. The Bertz CT molecular complexity index is 1260. The largest absolute Gasteiger partial charge is 0.443 e. The molecule has 11 nitrogen and oxygen atoms in total. The fraction of sp³-hybridized carbons (Fsp3) is 0.528. The first-order valence-corrected chi connectivity index (χ1v) is 16.4. The number of hydrogen-bond donors (Lipinski definition) is 5. The van der Waals surface area contributed by atoms with Gasteiger partial charge in [-0.05, 0) is 54.4 Å². The van der Waals surface area contributed by atoms with Gasteiger partial charge in [-0.15, -0.1) is 0 Å². The molecule has 258 valence electrons. The number of amides is 2. The molecule has 0 bridgehead atoms. The van der Waals surface area contributed by atoms with Gasteiger partial charge in [0.25, 0.3) is 5.91 Å². The molecule has 1 saturated heterocycles. The molecule has 1 aliphatic rings. The molecule has 3 rings (SSSR count). The van der Waals surface area contributed by atoms with Crippen LogP contribution < -0.4 is 16.5 Å². The van der Waals surface area contributed by atoms with Gasteiger partial charge in [0.1, 0.15) is 6.10 Å². The average Bonchev–Trinajstić information content (AvgIpc) is 3.59. The number of nitrogens with one attached hydrogen (secondary N) is 2. The van der Waals surface area contributed by atoms with Gasteiger partial charge in [-0.2, -0.15) is 0 Å². The topological polar surface area (TPSA) is 159 Å². The van der Waals surface area contributed by atoms with Crippen molar-refractivity contribution in [2.45, 2.75) is 83.7 Å². The van der Waals surface area contributed by atoms with Crippen molar-refractivity contribution in [2.24, 2.45) is 17.1 Å². The smallest absolute Gasteiger partial charge is 0.407 e. The Morgan fingerprint density at radius 3 is 2.55 bits per heavy atom. The average molecular weight is 652 g/mol. The highest BCUT2D eigenvalue weighted by atomic mass is 16.6. The number of carbonyl (C=O) groups is 2. The molecule has 1 fully saturated rings. The van der Waals surface area contributed by atoms with E-state index in [0.717, 1.165) is 29.7 Å². The second-order valence-electron chi connectivity index (χ2n) is 13.1. The summed E-state index contributed by atoms with van der Waals surface area (Å²) in [6, 6.07) is 13.8. The first-order chi connectivity index (χ1) is 22.5. The maximum atomic E-state index is 13.1. The fourth-order valence-corrected chi connectivity index (χ4v) is 5.41. The van der Waals surface area contributed by atoms with E-state index in [2.05, 4.69) is 22.3 Å². The minimum atomic E-state index is -1.08. The minimum Gasteiger partial charge on any atom is -0.443 e. The van der Waals surface area contributed by atoms with Crippen LogP contribution in [0.4, 0.5) is 4.79 Å². The van der Waals surface area contributed by atoms with Crippen molar-refractivity contribution in [3.8, 4) is 0 Å². The molecule has 2 heterocycles. The van der Waals surface area contributed by atoms with Crippen LogP contribution in [-0.4, -0.2) is 82.9 Å². The summed E-state index contributed by atoms with van der Waals surface area (Å²) in [6.07, 6.45) is 6.19. The van der Waals surface area contributed by atoms with Crippen molar-refractivity contribution in [2.75, 3.05) is 26.4 Å². The minimum absolute atomic E-state index is 0.0118. The van der Waals surface area contributed by atoms with Crippen molar-refractivity contribution >= 4 is 17.6 Å². The Morgan fingerprint density at radius 2 is 1.94 bits per heavy atom. The van der Waals surface area contributed by atoms with E-state index in [4.69, 9.17) is 15.2 Å². The second-order valence-corrected chi connectivity index (χ2v) is 13.1. The number of hydrogen-bond acceptors (Lipinski definition) is 9. The maximum absolute atomic E-state index is 13.1.